The van der Waals surface area contributed by atoms with E-state index in [1.54, 1.807) is 24.3 Å². The molecule has 0 atom stereocenters. The van der Waals surface area contributed by atoms with Crippen LogP contribution >= 0.6 is 12.6 Å². The molecule has 0 aliphatic heterocycles. The van der Waals surface area contributed by atoms with Crippen molar-refractivity contribution in [3.8, 4) is 22.8 Å². The molecule has 0 aliphatic rings. The largest absolute Gasteiger partial charge is 0.494 e. The molecule has 0 aliphatic carbocycles. The van der Waals surface area contributed by atoms with Crippen molar-refractivity contribution in [2.75, 3.05) is 6.61 Å². The normalized spacial score (nSPS) is 11.6. The van der Waals surface area contributed by atoms with E-state index >= 15 is 0 Å². The maximum absolute atomic E-state index is 13.8. The number of aromatic nitrogens is 3. The van der Waals surface area contributed by atoms with Gasteiger partial charge in [-0.3, -0.25) is 0 Å². The van der Waals surface area contributed by atoms with Crippen LogP contribution in [0.2, 0.25) is 0 Å². The molecular weight excluding hydrogens is 370 g/mol. The molecule has 3 rings (SSSR count). The predicted octanol–water partition coefficient (Wildman–Crippen LogP) is 4.78. The molecule has 1 aromatic heterocycles. The lowest BCUT2D eigenvalue weighted by Crippen LogP contribution is -2.08. The van der Waals surface area contributed by atoms with Crippen LogP contribution < -0.4 is 4.74 Å². The summed E-state index contributed by atoms with van der Waals surface area (Å²) in [7, 11) is 0. The lowest BCUT2D eigenvalue weighted by atomic mass is 10.2. The highest BCUT2D eigenvalue weighted by Gasteiger charge is 2.37. The maximum atomic E-state index is 13.8. The van der Waals surface area contributed by atoms with Gasteiger partial charge in [-0.1, -0.05) is 0 Å². The van der Waals surface area contributed by atoms with E-state index in [2.05, 4.69) is 22.7 Å². The Kier molecular flexibility index (Phi) is 4.90. The van der Waals surface area contributed by atoms with Gasteiger partial charge in [-0.15, -0.1) is 17.7 Å². The van der Waals surface area contributed by atoms with Crippen LogP contribution in [0.3, 0.4) is 0 Å². The van der Waals surface area contributed by atoms with Crippen LogP contribution in [0.15, 0.2) is 47.4 Å². The minimum absolute atomic E-state index is 0.0633. The number of benzene rings is 2. The third-order valence-corrected chi connectivity index (χ3v) is 3.82. The Morgan fingerprint density at radius 1 is 1.12 bits per heavy atom. The van der Waals surface area contributed by atoms with Crippen molar-refractivity contribution >= 4 is 12.6 Å². The standard InChI is InChI=1S/C17H13F4N3OS/c1-2-25-12-6-3-10(4-7-12)15-22-16(17(19,20)21)23-24(15)11-5-8-14(26)13(18)9-11/h3-9,26H,2H2,1H3. The molecule has 4 nitrogen and oxygen atoms in total. The molecule has 0 bridgehead atoms. The Balaban J connectivity index is 2.13. The molecule has 0 N–H and O–H groups in total. The highest BCUT2D eigenvalue weighted by atomic mass is 32.1. The molecule has 0 fully saturated rings. The second kappa shape index (κ2) is 6.99. The average Bonchev–Trinajstić information content (AvgIpc) is 3.04. The van der Waals surface area contributed by atoms with Crippen LogP contribution in [0.1, 0.15) is 12.7 Å². The zero-order chi connectivity index (χ0) is 18.9. The molecule has 0 saturated carbocycles. The van der Waals surface area contributed by atoms with Crippen LogP contribution in [0.4, 0.5) is 17.6 Å². The fourth-order valence-electron chi connectivity index (χ4n) is 2.29. The topological polar surface area (TPSA) is 39.9 Å². The maximum Gasteiger partial charge on any atom is 0.453 e. The summed E-state index contributed by atoms with van der Waals surface area (Å²) in [6.45, 7) is 2.28. The highest BCUT2D eigenvalue weighted by Crippen LogP contribution is 2.31. The molecule has 0 saturated heterocycles. The van der Waals surface area contributed by atoms with Gasteiger partial charge in [0.2, 0.25) is 0 Å². The number of hydrogen-bond donors (Lipinski definition) is 1. The smallest absolute Gasteiger partial charge is 0.453 e. The Labute approximate surface area is 151 Å². The summed E-state index contributed by atoms with van der Waals surface area (Å²) in [5.74, 6) is -1.47. The van der Waals surface area contributed by atoms with Gasteiger partial charge in [0, 0.05) is 16.5 Å². The Morgan fingerprint density at radius 2 is 1.81 bits per heavy atom. The van der Waals surface area contributed by atoms with Gasteiger partial charge in [0.05, 0.1) is 12.3 Å². The molecule has 0 amide bonds. The van der Waals surface area contributed by atoms with Gasteiger partial charge in [-0.25, -0.2) is 14.1 Å². The van der Waals surface area contributed by atoms with Crippen LogP contribution in [-0.4, -0.2) is 21.4 Å². The zero-order valence-electron chi connectivity index (χ0n) is 13.5. The predicted molar refractivity (Wildman–Crippen MR) is 90.2 cm³/mol. The molecule has 2 aromatic carbocycles. The van der Waals surface area contributed by atoms with E-state index in [1.165, 1.54) is 12.1 Å². The van der Waals surface area contributed by atoms with Crippen LogP contribution in [0.25, 0.3) is 17.1 Å². The van der Waals surface area contributed by atoms with E-state index in [9.17, 15) is 17.6 Å². The van der Waals surface area contributed by atoms with Crippen molar-refractivity contribution < 1.29 is 22.3 Å². The number of ether oxygens (including phenoxy) is 1. The number of halogens is 4. The minimum Gasteiger partial charge on any atom is -0.494 e. The average molecular weight is 383 g/mol. The van der Waals surface area contributed by atoms with Crippen LogP contribution in [0, 0.1) is 5.82 Å². The van der Waals surface area contributed by atoms with Crippen molar-refractivity contribution in [1.29, 1.82) is 0 Å². The molecule has 9 heteroatoms. The molecule has 3 aromatic rings. The number of thiol groups is 1. The molecule has 26 heavy (non-hydrogen) atoms. The third-order valence-electron chi connectivity index (χ3n) is 3.46. The first-order valence-electron chi connectivity index (χ1n) is 7.56. The van der Waals surface area contributed by atoms with Gasteiger partial charge in [0.15, 0.2) is 5.82 Å². The van der Waals surface area contributed by atoms with Crippen LogP contribution in [0.5, 0.6) is 5.75 Å². The van der Waals surface area contributed by atoms with E-state index in [0.717, 1.165) is 10.7 Å². The quantitative estimate of drug-likeness (QED) is 0.521. The summed E-state index contributed by atoms with van der Waals surface area (Å²) in [5, 5.41) is 3.52. The van der Waals surface area contributed by atoms with Gasteiger partial charge >= 0.3 is 6.18 Å². The monoisotopic (exact) mass is 383 g/mol. The fourth-order valence-corrected chi connectivity index (χ4v) is 2.43. The number of rotatable bonds is 4. The van der Waals surface area contributed by atoms with Crippen molar-refractivity contribution in [2.24, 2.45) is 0 Å². The van der Waals surface area contributed by atoms with Gasteiger partial charge in [-0.05, 0) is 43.3 Å². The summed E-state index contributed by atoms with van der Waals surface area (Å²) in [6, 6.07) is 10.2. The van der Waals surface area contributed by atoms with Gasteiger partial charge in [-0.2, -0.15) is 13.2 Å². The SMILES string of the molecule is CCOc1ccc(-c2nc(C(F)(F)F)nn2-c2ccc(S)c(F)c2)cc1. The van der Waals surface area contributed by atoms with E-state index < -0.39 is 17.8 Å². The van der Waals surface area contributed by atoms with Crippen molar-refractivity contribution in [3.05, 3.63) is 54.1 Å². The Hall–Kier alpha value is -2.55. The second-order valence-corrected chi connectivity index (χ2v) is 5.74. The molecule has 0 unspecified atom stereocenters. The molecule has 0 radical (unpaired) electrons. The Morgan fingerprint density at radius 3 is 2.38 bits per heavy atom. The summed E-state index contributed by atoms with van der Waals surface area (Å²) in [5.41, 5.74) is 0.485. The Bertz CT molecular complexity index is 923. The minimum atomic E-state index is -4.73. The lowest BCUT2D eigenvalue weighted by molar-refractivity contribution is -0.144. The molecule has 1 heterocycles. The fraction of sp³-hybridized carbons (Fsp3) is 0.176. The number of alkyl halides is 3. The number of hydrogen-bond acceptors (Lipinski definition) is 4. The second-order valence-electron chi connectivity index (χ2n) is 5.26. The van der Waals surface area contributed by atoms with E-state index in [0.29, 0.717) is 17.9 Å². The first kappa shape index (κ1) is 18.2. The van der Waals surface area contributed by atoms with Gasteiger partial charge < -0.3 is 4.74 Å². The molecule has 0 spiro atoms. The molecule has 136 valence electrons. The van der Waals surface area contributed by atoms with E-state index in [1.807, 2.05) is 6.92 Å². The van der Waals surface area contributed by atoms with Crippen molar-refractivity contribution in [3.63, 3.8) is 0 Å². The van der Waals surface area contributed by atoms with Gasteiger partial charge in [0.25, 0.3) is 5.82 Å². The highest BCUT2D eigenvalue weighted by molar-refractivity contribution is 7.80. The lowest BCUT2D eigenvalue weighted by Gasteiger charge is -2.08. The molecular formula is C17H13F4N3OS. The first-order valence-corrected chi connectivity index (χ1v) is 8.00. The van der Waals surface area contributed by atoms with Crippen molar-refractivity contribution in [1.82, 2.24) is 14.8 Å². The zero-order valence-corrected chi connectivity index (χ0v) is 14.4. The number of nitrogens with zero attached hydrogens (tertiary/aromatic N) is 3. The van der Waals surface area contributed by atoms with E-state index in [-0.39, 0.29) is 16.4 Å². The summed E-state index contributed by atoms with van der Waals surface area (Å²) < 4.78 is 59.3. The summed E-state index contributed by atoms with van der Waals surface area (Å²) >= 11 is 3.92. The summed E-state index contributed by atoms with van der Waals surface area (Å²) in [6.07, 6.45) is -4.73. The van der Waals surface area contributed by atoms with E-state index in [4.69, 9.17) is 4.74 Å². The summed E-state index contributed by atoms with van der Waals surface area (Å²) in [4.78, 5) is 3.68. The van der Waals surface area contributed by atoms with Gasteiger partial charge in [0.1, 0.15) is 11.6 Å². The van der Waals surface area contributed by atoms with Crippen LogP contribution in [-0.2, 0) is 6.18 Å². The third kappa shape index (κ3) is 3.67. The first-order chi connectivity index (χ1) is 12.3. The van der Waals surface area contributed by atoms with Crippen molar-refractivity contribution in [2.45, 2.75) is 18.0 Å².